The van der Waals surface area contributed by atoms with E-state index in [4.69, 9.17) is 16.3 Å². The van der Waals surface area contributed by atoms with E-state index >= 15 is 0 Å². The molecule has 0 aliphatic carbocycles. The molecule has 4 rings (SSSR count). The molecule has 0 N–H and O–H groups in total. The zero-order chi connectivity index (χ0) is 23.7. The van der Waals surface area contributed by atoms with Gasteiger partial charge in [0.15, 0.2) is 0 Å². The predicted octanol–water partition coefficient (Wildman–Crippen LogP) is 4.85. The number of hydrogen-bond acceptors (Lipinski definition) is 6. The molecule has 8 nitrogen and oxygen atoms in total. The van der Waals surface area contributed by atoms with Crippen molar-refractivity contribution in [2.24, 2.45) is 7.05 Å². The normalized spacial score (nSPS) is 11.2. The molecule has 170 valence electrons. The Labute approximate surface area is 204 Å². The topological polar surface area (TPSA) is 87.7 Å². The molecule has 4 heterocycles. The third-order valence-corrected chi connectivity index (χ3v) is 5.99. The average Bonchev–Trinajstić information content (AvgIpc) is 3.21. The molecule has 33 heavy (non-hydrogen) atoms. The van der Waals surface area contributed by atoms with E-state index in [-0.39, 0.29) is 18.1 Å². The molecule has 0 aromatic carbocycles. The fourth-order valence-corrected chi connectivity index (χ4v) is 3.91. The first kappa shape index (κ1) is 23.1. The molecule has 0 aliphatic heterocycles. The smallest absolute Gasteiger partial charge is 0.273 e. The second-order valence-corrected chi connectivity index (χ2v) is 9.05. The van der Waals surface area contributed by atoms with Crippen molar-refractivity contribution in [2.75, 3.05) is 0 Å². The Bertz CT molecular complexity index is 1380. The van der Waals surface area contributed by atoms with E-state index in [1.165, 1.54) is 10.8 Å². The molecule has 4 aromatic heterocycles. The summed E-state index contributed by atoms with van der Waals surface area (Å²) in [5.74, 6) is 1.33. The molecule has 0 aliphatic rings. The Hall–Kier alpha value is -3.04. The standard InChI is InChI=1S/C23H22BrClN6O2/c1-13(2)22-26-7-5-17(28-22)18-10-19(16(25)11-27-18)31-14(3)9-20(21(24)23(31)32)33-12-15-6-8-30(4)29-15/h5-11,13H,12H2,1-4H3. The summed E-state index contributed by atoms with van der Waals surface area (Å²) < 4.78 is 9.36. The van der Waals surface area contributed by atoms with Crippen LogP contribution in [0.5, 0.6) is 5.75 Å². The van der Waals surface area contributed by atoms with Crippen LogP contribution in [0.3, 0.4) is 0 Å². The number of aryl methyl sites for hydroxylation is 2. The van der Waals surface area contributed by atoms with Crippen molar-refractivity contribution in [2.45, 2.75) is 33.3 Å². The van der Waals surface area contributed by atoms with Crippen LogP contribution in [0, 0.1) is 6.92 Å². The first-order valence-corrected chi connectivity index (χ1v) is 11.4. The molecule has 0 saturated heterocycles. The van der Waals surface area contributed by atoms with E-state index in [1.807, 2.05) is 40.1 Å². The Kier molecular flexibility index (Phi) is 6.62. The van der Waals surface area contributed by atoms with Gasteiger partial charge in [0.2, 0.25) is 0 Å². The Morgan fingerprint density at radius 3 is 2.67 bits per heavy atom. The molecule has 0 bridgehead atoms. The third-order valence-electron chi connectivity index (χ3n) is 4.97. The van der Waals surface area contributed by atoms with E-state index in [0.717, 1.165) is 11.5 Å². The number of rotatable bonds is 6. The van der Waals surface area contributed by atoms with Crippen LogP contribution >= 0.6 is 27.5 Å². The molecule has 0 fully saturated rings. The molecule has 0 spiro atoms. The maximum Gasteiger partial charge on any atom is 0.273 e. The van der Waals surface area contributed by atoms with Crippen molar-refractivity contribution in [1.82, 2.24) is 29.3 Å². The van der Waals surface area contributed by atoms with Crippen LogP contribution in [-0.4, -0.2) is 29.3 Å². The highest BCUT2D eigenvalue weighted by Crippen LogP contribution is 2.29. The van der Waals surface area contributed by atoms with Gasteiger partial charge in [-0.25, -0.2) is 9.97 Å². The number of nitrogens with zero attached hydrogens (tertiary/aromatic N) is 6. The largest absolute Gasteiger partial charge is 0.486 e. The van der Waals surface area contributed by atoms with Gasteiger partial charge >= 0.3 is 0 Å². The van der Waals surface area contributed by atoms with Gasteiger partial charge in [-0.2, -0.15) is 5.10 Å². The van der Waals surface area contributed by atoms with Crippen LogP contribution in [-0.2, 0) is 13.7 Å². The molecule has 0 saturated carbocycles. The lowest BCUT2D eigenvalue weighted by molar-refractivity contribution is 0.296. The van der Waals surface area contributed by atoms with E-state index in [9.17, 15) is 4.79 Å². The van der Waals surface area contributed by atoms with Crippen molar-refractivity contribution in [3.63, 3.8) is 0 Å². The molecular weight excluding hydrogens is 508 g/mol. The lowest BCUT2D eigenvalue weighted by Crippen LogP contribution is -2.22. The monoisotopic (exact) mass is 528 g/mol. The number of pyridine rings is 2. The van der Waals surface area contributed by atoms with Gasteiger partial charge in [-0.15, -0.1) is 0 Å². The maximum atomic E-state index is 13.3. The Balaban J connectivity index is 1.73. The summed E-state index contributed by atoms with van der Waals surface area (Å²) in [6.07, 6.45) is 5.06. The highest BCUT2D eigenvalue weighted by atomic mass is 79.9. The first-order chi connectivity index (χ1) is 15.7. The van der Waals surface area contributed by atoms with Crippen molar-refractivity contribution < 1.29 is 4.74 Å². The average molecular weight is 530 g/mol. The molecule has 0 unspecified atom stereocenters. The molecule has 0 radical (unpaired) electrons. The summed E-state index contributed by atoms with van der Waals surface area (Å²) in [5.41, 5.74) is 2.88. The highest BCUT2D eigenvalue weighted by molar-refractivity contribution is 9.10. The summed E-state index contributed by atoms with van der Waals surface area (Å²) in [7, 11) is 1.84. The minimum absolute atomic E-state index is 0.177. The van der Waals surface area contributed by atoms with Crippen molar-refractivity contribution in [3.05, 3.63) is 79.9 Å². The molecule has 4 aromatic rings. The SMILES string of the molecule is Cc1cc(OCc2ccn(C)n2)c(Br)c(=O)n1-c1cc(-c2ccnc(C(C)C)n2)ncc1Cl. The highest BCUT2D eigenvalue weighted by Gasteiger charge is 2.17. The number of halogens is 2. The van der Waals surface area contributed by atoms with Crippen LogP contribution in [0.1, 0.15) is 37.0 Å². The van der Waals surface area contributed by atoms with Gasteiger partial charge < -0.3 is 4.74 Å². The summed E-state index contributed by atoms with van der Waals surface area (Å²) in [4.78, 5) is 26.6. The van der Waals surface area contributed by atoms with Crippen LogP contribution in [0.2, 0.25) is 5.02 Å². The second-order valence-electron chi connectivity index (χ2n) is 7.85. The lowest BCUT2D eigenvalue weighted by atomic mass is 10.2. The maximum absolute atomic E-state index is 13.3. The fourth-order valence-electron chi connectivity index (χ4n) is 3.31. The number of ether oxygens (including phenoxy) is 1. The predicted molar refractivity (Wildman–Crippen MR) is 130 cm³/mol. The lowest BCUT2D eigenvalue weighted by Gasteiger charge is -2.16. The second kappa shape index (κ2) is 9.44. The Morgan fingerprint density at radius 2 is 1.97 bits per heavy atom. The number of aromatic nitrogens is 6. The van der Waals surface area contributed by atoms with E-state index in [2.05, 4.69) is 36.0 Å². The zero-order valence-corrected chi connectivity index (χ0v) is 20.9. The van der Waals surface area contributed by atoms with Crippen molar-refractivity contribution >= 4 is 27.5 Å². The van der Waals surface area contributed by atoms with Crippen LogP contribution in [0.4, 0.5) is 0 Å². The molecule has 0 amide bonds. The summed E-state index contributed by atoms with van der Waals surface area (Å²) in [6, 6.07) is 7.18. The fraction of sp³-hybridized carbons (Fsp3) is 0.261. The van der Waals surface area contributed by atoms with Crippen molar-refractivity contribution in [3.8, 4) is 22.8 Å². The zero-order valence-electron chi connectivity index (χ0n) is 18.6. The summed E-state index contributed by atoms with van der Waals surface area (Å²) in [5, 5.41) is 4.63. The quantitative estimate of drug-likeness (QED) is 0.355. The van der Waals surface area contributed by atoms with E-state index in [0.29, 0.717) is 38.0 Å². The summed E-state index contributed by atoms with van der Waals surface area (Å²) >= 11 is 9.86. The van der Waals surface area contributed by atoms with Gasteiger partial charge in [0, 0.05) is 43.3 Å². The minimum atomic E-state index is -0.296. The van der Waals surface area contributed by atoms with Crippen LogP contribution in [0.25, 0.3) is 17.1 Å². The van der Waals surface area contributed by atoms with Gasteiger partial charge in [-0.3, -0.25) is 19.0 Å². The van der Waals surface area contributed by atoms with Gasteiger partial charge in [-0.1, -0.05) is 25.4 Å². The number of hydrogen-bond donors (Lipinski definition) is 0. The van der Waals surface area contributed by atoms with E-state index < -0.39 is 0 Å². The van der Waals surface area contributed by atoms with Crippen molar-refractivity contribution in [1.29, 1.82) is 0 Å². The van der Waals surface area contributed by atoms with E-state index in [1.54, 1.807) is 29.1 Å². The Morgan fingerprint density at radius 1 is 1.18 bits per heavy atom. The van der Waals surface area contributed by atoms with Crippen LogP contribution < -0.4 is 10.3 Å². The van der Waals surface area contributed by atoms with Gasteiger partial charge in [0.1, 0.15) is 22.7 Å². The summed E-state index contributed by atoms with van der Waals surface area (Å²) in [6.45, 7) is 6.11. The third kappa shape index (κ3) is 4.84. The van der Waals surface area contributed by atoms with Gasteiger partial charge in [-0.05, 0) is 41.1 Å². The molecular formula is C23H22BrClN6O2. The van der Waals surface area contributed by atoms with Crippen LogP contribution in [0.15, 0.2) is 52.1 Å². The molecule has 10 heteroatoms. The minimum Gasteiger partial charge on any atom is -0.486 e. The first-order valence-electron chi connectivity index (χ1n) is 10.3. The van der Waals surface area contributed by atoms with Gasteiger partial charge in [0.05, 0.1) is 27.8 Å². The molecule has 0 atom stereocenters. The van der Waals surface area contributed by atoms with Gasteiger partial charge in [0.25, 0.3) is 5.56 Å².